The van der Waals surface area contributed by atoms with Gasteiger partial charge in [-0.15, -0.1) is 11.8 Å². The van der Waals surface area contributed by atoms with Gasteiger partial charge < -0.3 is 14.7 Å². The molecule has 1 aliphatic heterocycles. The summed E-state index contributed by atoms with van der Waals surface area (Å²) in [5.74, 6) is -0.961. The number of thioether (sulfide) groups is 1. The van der Waals surface area contributed by atoms with Crippen molar-refractivity contribution in [3.63, 3.8) is 0 Å². The number of carbonyl (C=O) groups is 2. The summed E-state index contributed by atoms with van der Waals surface area (Å²) in [5.41, 5.74) is -0.991. The van der Waals surface area contributed by atoms with Crippen LogP contribution in [0, 0.1) is 5.41 Å². The van der Waals surface area contributed by atoms with Gasteiger partial charge in [0, 0.05) is 30.1 Å². The number of amides is 1. The second kappa shape index (κ2) is 7.55. The third-order valence-electron chi connectivity index (χ3n) is 4.01. The minimum absolute atomic E-state index is 0.0517. The van der Waals surface area contributed by atoms with Gasteiger partial charge in [-0.3, -0.25) is 9.59 Å². The SMILES string of the molecule is COCC1(C(=O)O)CCN(C(=O)C(C)Sc2ccc(Cl)cc2)C1. The Kier molecular flexibility index (Phi) is 5.95. The number of carbonyl (C=O) groups excluding carboxylic acids is 1. The summed E-state index contributed by atoms with van der Waals surface area (Å²) in [6, 6.07) is 7.30. The lowest BCUT2D eigenvalue weighted by molar-refractivity contribution is -0.151. The first-order valence-electron chi connectivity index (χ1n) is 7.31. The van der Waals surface area contributed by atoms with Crippen molar-refractivity contribution >= 4 is 35.2 Å². The summed E-state index contributed by atoms with van der Waals surface area (Å²) in [6.07, 6.45) is 0.417. The van der Waals surface area contributed by atoms with Crippen molar-refractivity contribution in [3.05, 3.63) is 29.3 Å². The molecule has 2 rings (SSSR count). The fraction of sp³-hybridized carbons (Fsp3) is 0.500. The van der Waals surface area contributed by atoms with E-state index in [-0.39, 0.29) is 24.3 Å². The Morgan fingerprint density at radius 3 is 2.65 bits per heavy atom. The molecule has 1 N–H and O–H groups in total. The molecule has 1 aromatic rings. The number of rotatable bonds is 6. The van der Waals surface area contributed by atoms with Crippen LogP contribution < -0.4 is 0 Å². The highest BCUT2D eigenvalue weighted by molar-refractivity contribution is 8.00. The summed E-state index contributed by atoms with van der Waals surface area (Å²) in [7, 11) is 1.48. The quantitative estimate of drug-likeness (QED) is 0.793. The van der Waals surface area contributed by atoms with Crippen LogP contribution in [0.1, 0.15) is 13.3 Å². The van der Waals surface area contributed by atoms with E-state index in [0.717, 1.165) is 4.90 Å². The third kappa shape index (κ3) is 4.19. The van der Waals surface area contributed by atoms with Crippen molar-refractivity contribution in [2.75, 3.05) is 26.8 Å². The Hall–Kier alpha value is -1.24. The molecule has 7 heteroatoms. The molecule has 126 valence electrons. The molecule has 0 aromatic heterocycles. The molecular formula is C16H20ClNO4S. The topological polar surface area (TPSA) is 66.8 Å². The fourth-order valence-corrected chi connectivity index (χ4v) is 3.79. The van der Waals surface area contributed by atoms with Crippen molar-refractivity contribution in [1.82, 2.24) is 4.90 Å². The zero-order valence-electron chi connectivity index (χ0n) is 13.1. The molecule has 1 aromatic carbocycles. The molecular weight excluding hydrogens is 338 g/mol. The van der Waals surface area contributed by atoms with Crippen LogP contribution in [0.2, 0.25) is 5.02 Å². The Morgan fingerprint density at radius 2 is 2.09 bits per heavy atom. The van der Waals surface area contributed by atoms with Gasteiger partial charge in [0.1, 0.15) is 5.41 Å². The molecule has 1 amide bonds. The highest BCUT2D eigenvalue weighted by Crippen LogP contribution is 2.33. The summed E-state index contributed by atoms with van der Waals surface area (Å²) >= 11 is 7.29. The summed E-state index contributed by atoms with van der Waals surface area (Å²) in [4.78, 5) is 26.7. The predicted octanol–water partition coefficient (Wildman–Crippen LogP) is 2.77. The van der Waals surface area contributed by atoms with Gasteiger partial charge in [0.15, 0.2) is 0 Å². The zero-order chi connectivity index (χ0) is 17.0. The molecule has 23 heavy (non-hydrogen) atoms. The largest absolute Gasteiger partial charge is 0.481 e. The third-order valence-corrected chi connectivity index (χ3v) is 5.37. The molecule has 0 bridgehead atoms. The molecule has 1 saturated heterocycles. The Morgan fingerprint density at radius 1 is 1.43 bits per heavy atom. The standard InChI is InChI=1S/C16H20ClNO4S/c1-11(23-13-5-3-12(17)4-6-13)14(19)18-8-7-16(9-18,10-22-2)15(20)21/h3-6,11H,7-10H2,1-2H3,(H,20,21). The number of hydrogen-bond acceptors (Lipinski definition) is 4. The average Bonchev–Trinajstić information content (AvgIpc) is 2.95. The molecule has 1 fully saturated rings. The maximum Gasteiger partial charge on any atom is 0.313 e. The number of halogens is 1. The van der Waals surface area contributed by atoms with Crippen LogP contribution in [0.4, 0.5) is 0 Å². The van der Waals surface area contributed by atoms with Gasteiger partial charge in [0.2, 0.25) is 5.91 Å². The molecule has 2 atom stereocenters. The van der Waals surface area contributed by atoms with Crippen LogP contribution in [0.25, 0.3) is 0 Å². The highest BCUT2D eigenvalue weighted by Gasteiger charge is 2.47. The lowest BCUT2D eigenvalue weighted by atomic mass is 9.88. The second-order valence-corrected chi connectivity index (χ2v) is 7.59. The highest BCUT2D eigenvalue weighted by atomic mass is 35.5. The number of likely N-dealkylation sites (tertiary alicyclic amines) is 1. The monoisotopic (exact) mass is 357 g/mol. The molecule has 0 saturated carbocycles. The number of ether oxygens (including phenoxy) is 1. The number of aliphatic carboxylic acids is 1. The lowest BCUT2D eigenvalue weighted by Crippen LogP contribution is -2.41. The van der Waals surface area contributed by atoms with Gasteiger partial charge in [-0.2, -0.15) is 0 Å². The summed E-state index contributed by atoms with van der Waals surface area (Å²) < 4.78 is 5.05. The Labute approximate surface area is 144 Å². The number of benzene rings is 1. The number of carboxylic acid groups (broad SMARTS) is 1. The number of methoxy groups -OCH3 is 1. The van der Waals surface area contributed by atoms with E-state index < -0.39 is 11.4 Å². The van der Waals surface area contributed by atoms with Crippen molar-refractivity contribution in [2.24, 2.45) is 5.41 Å². The lowest BCUT2D eigenvalue weighted by Gasteiger charge is -2.25. The van der Waals surface area contributed by atoms with E-state index >= 15 is 0 Å². The fourth-order valence-electron chi connectivity index (χ4n) is 2.72. The number of carboxylic acids is 1. The van der Waals surface area contributed by atoms with Crippen LogP contribution in [0.5, 0.6) is 0 Å². The van der Waals surface area contributed by atoms with Crippen molar-refractivity contribution in [1.29, 1.82) is 0 Å². The van der Waals surface area contributed by atoms with Crippen LogP contribution in [0.3, 0.4) is 0 Å². The summed E-state index contributed by atoms with van der Waals surface area (Å²) in [5, 5.41) is 9.82. The van der Waals surface area contributed by atoms with Gasteiger partial charge in [-0.1, -0.05) is 11.6 Å². The Bertz CT molecular complexity index is 580. The molecule has 0 radical (unpaired) electrons. The van der Waals surface area contributed by atoms with E-state index in [9.17, 15) is 14.7 Å². The first-order chi connectivity index (χ1) is 10.9. The smallest absolute Gasteiger partial charge is 0.313 e. The van der Waals surface area contributed by atoms with E-state index in [0.29, 0.717) is 18.0 Å². The molecule has 1 heterocycles. The maximum absolute atomic E-state index is 12.6. The first kappa shape index (κ1) is 18.1. The zero-order valence-corrected chi connectivity index (χ0v) is 14.7. The van der Waals surface area contributed by atoms with Crippen LogP contribution >= 0.6 is 23.4 Å². The molecule has 0 spiro atoms. The molecule has 2 unspecified atom stereocenters. The van der Waals surface area contributed by atoms with E-state index in [2.05, 4.69) is 0 Å². The van der Waals surface area contributed by atoms with Gasteiger partial charge in [-0.05, 0) is 37.6 Å². The second-order valence-electron chi connectivity index (χ2n) is 5.74. The maximum atomic E-state index is 12.6. The van der Waals surface area contributed by atoms with Gasteiger partial charge in [0.25, 0.3) is 0 Å². The average molecular weight is 358 g/mol. The normalized spacial score (nSPS) is 22.1. The molecule has 0 aliphatic carbocycles. The van der Waals surface area contributed by atoms with E-state index in [4.69, 9.17) is 16.3 Å². The number of hydrogen-bond donors (Lipinski definition) is 1. The molecule has 5 nitrogen and oxygen atoms in total. The minimum Gasteiger partial charge on any atom is -0.481 e. The summed E-state index contributed by atoms with van der Waals surface area (Å²) in [6.45, 7) is 2.59. The van der Waals surface area contributed by atoms with E-state index in [1.54, 1.807) is 17.0 Å². The van der Waals surface area contributed by atoms with Gasteiger partial charge in [-0.25, -0.2) is 0 Å². The van der Waals surface area contributed by atoms with Crippen LogP contribution in [0.15, 0.2) is 29.2 Å². The van der Waals surface area contributed by atoms with Crippen LogP contribution in [-0.2, 0) is 14.3 Å². The predicted molar refractivity (Wildman–Crippen MR) is 89.9 cm³/mol. The van der Waals surface area contributed by atoms with E-state index in [1.165, 1.54) is 18.9 Å². The number of nitrogens with zero attached hydrogens (tertiary/aromatic N) is 1. The van der Waals surface area contributed by atoms with Gasteiger partial charge in [0.05, 0.1) is 11.9 Å². The van der Waals surface area contributed by atoms with E-state index in [1.807, 2.05) is 19.1 Å². The Balaban J connectivity index is 2.00. The van der Waals surface area contributed by atoms with Crippen molar-refractivity contribution < 1.29 is 19.4 Å². The van der Waals surface area contributed by atoms with Crippen LogP contribution in [-0.4, -0.2) is 53.9 Å². The van der Waals surface area contributed by atoms with Gasteiger partial charge >= 0.3 is 5.97 Å². The molecule has 1 aliphatic rings. The first-order valence-corrected chi connectivity index (χ1v) is 8.57. The minimum atomic E-state index is -0.991. The van der Waals surface area contributed by atoms with Crippen molar-refractivity contribution in [3.8, 4) is 0 Å². The van der Waals surface area contributed by atoms with Crippen molar-refractivity contribution in [2.45, 2.75) is 23.5 Å².